The molecule has 2 amide bonds. The summed E-state index contributed by atoms with van der Waals surface area (Å²) in [5.41, 5.74) is -3.70. The van der Waals surface area contributed by atoms with Gasteiger partial charge in [-0.3, -0.25) is 9.59 Å². The van der Waals surface area contributed by atoms with Gasteiger partial charge in [-0.05, 0) is 76.1 Å². The van der Waals surface area contributed by atoms with Gasteiger partial charge in [-0.25, -0.2) is 0 Å². The highest BCUT2D eigenvalue weighted by molar-refractivity contribution is 5.94. The van der Waals surface area contributed by atoms with Crippen LogP contribution in [0.25, 0.3) is 0 Å². The van der Waals surface area contributed by atoms with Gasteiger partial charge in [0.1, 0.15) is 0 Å². The van der Waals surface area contributed by atoms with Gasteiger partial charge in [0.05, 0.1) is 17.7 Å². The summed E-state index contributed by atoms with van der Waals surface area (Å²) in [6.45, 7) is 6.30. The molecule has 11 heteroatoms. The molecule has 1 aromatic rings. The maximum Gasteiger partial charge on any atom is 0.416 e. The van der Waals surface area contributed by atoms with Crippen molar-refractivity contribution < 1.29 is 35.9 Å². The molecule has 1 aliphatic rings. The minimum Gasteiger partial charge on any atom is -0.352 e. The van der Waals surface area contributed by atoms with Crippen molar-refractivity contribution in [3.8, 4) is 0 Å². The third kappa shape index (κ3) is 8.18. The highest BCUT2D eigenvalue weighted by Crippen LogP contribution is 2.36. The molecule has 0 atom stereocenters. The molecule has 0 spiro atoms. The first-order valence-corrected chi connectivity index (χ1v) is 11.4. The number of halogens is 6. The lowest BCUT2D eigenvalue weighted by Gasteiger charge is -2.29. The second kappa shape index (κ2) is 11.9. The number of rotatable bonds is 9. The van der Waals surface area contributed by atoms with Crippen molar-refractivity contribution in [2.24, 2.45) is 11.8 Å². The van der Waals surface area contributed by atoms with Gasteiger partial charge < -0.3 is 15.5 Å². The van der Waals surface area contributed by atoms with Crippen molar-refractivity contribution in [3.05, 3.63) is 34.9 Å². The summed E-state index contributed by atoms with van der Waals surface area (Å²) in [6, 6.07) is 0.876. The van der Waals surface area contributed by atoms with Crippen molar-refractivity contribution in [3.63, 3.8) is 0 Å². The molecule has 1 aliphatic carbocycles. The number of carbonyl (C=O) groups excluding carboxylic acids is 2. The van der Waals surface area contributed by atoms with Crippen LogP contribution in [0.1, 0.15) is 61.0 Å². The van der Waals surface area contributed by atoms with E-state index in [9.17, 15) is 35.9 Å². The van der Waals surface area contributed by atoms with Crippen LogP contribution in [0.3, 0.4) is 0 Å². The van der Waals surface area contributed by atoms with Crippen LogP contribution in [0.2, 0.25) is 0 Å². The summed E-state index contributed by atoms with van der Waals surface area (Å²) < 4.78 is 78.0. The summed E-state index contributed by atoms with van der Waals surface area (Å²) in [7, 11) is 0. The van der Waals surface area contributed by atoms with Gasteiger partial charge in [-0.15, -0.1) is 0 Å². The first-order valence-electron chi connectivity index (χ1n) is 11.4. The zero-order valence-electron chi connectivity index (χ0n) is 19.3. The Morgan fingerprint density at radius 2 is 1.32 bits per heavy atom. The maximum atomic E-state index is 13.0. The van der Waals surface area contributed by atoms with Gasteiger partial charge in [0.2, 0.25) is 5.91 Å². The molecule has 1 saturated carbocycles. The molecule has 1 fully saturated rings. The van der Waals surface area contributed by atoms with Crippen LogP contribution in [0, 0.1) is 11.8 Å². The number of hydrogen-bond acceptors (Lipinski definition) is 3. The van der Waals surface area contributed by atoms with E-state index in [1.807, 2.05) is 13.8 Å². The molecule has 1 aromatic carbocycles. The molecule has 5 nitrogen and oxygen atoms in total. The Morgan fingerprint density at radius 1 is 0.853 bits per heavy atom. The van der Waals surface area contributed by atoms with E-state index < -0.39 is 35.0 Å². The molecule has 0 aliphatic heterocycles. The van der Waals surface area contributed by atoms with Gasteiger partial charge >= 0.3 is 12.4 Å². The van der Waals surface area contributed by atoms with Gasteiger partial charge in [0, 0.05) is 25.2 Å². The molecule has 0 radical (unpaired) electrons. The van der Waals surface area contributed by atoms with Crippen LogP contribution < -0.4 is 10.6 Å². The number of benzene rings is 1. The van der Waals surface area contributed by atoms with Crippen LogP contribution in [0.5, 0.6) is 0 Å². The average Bonchev–Trinajstić information content (AvgIpc) is 2.77. The van der Waals surface area contributed by atoms with Crippen molar-refractivity contribution in [2.45, 2.75) is 51.9 Å². The molecule has 0 heterocycles. The Labute approximate surface area is 195 Å². The predicted octanol–water partition coefficient (Wildman–Crippen LogP) is 4.72. The smallest absolute Gasteiger partial charge is 0.352 e. The van der Waals surface area contributed by atoms with Crippen LogP contribution in [-0.4, -0.2) is 49.4 Å². The normalized spacial score (nSPS) is 19.1. The zero-order valence-corrected chi connectivity index (χ0v) is 19.3. The Bertz CT molecular complexity index is 797. The van der Waals surface area contributed by atoms with Gasteiger partial charge in [-0.1, -0.05) is 0 Å². The molecule has 34 heavy (non-hydrogen) atoms. The molecule has 2 rings (SSSR count). The Morgan fingerprint density at radius 3 is 1.76 bits per heavy atom. The first kappa shape index (κ1) is 27.9. The molecule has 0 aromatic heterocycles. The summed E-state index contributed by atoms with van der Waals surface area (Å²) in [4.78, 5) is 26.1. The SMILES string of the molecule is CCN(CC)C(=O)CNCC1CCC(CNC(=O)c2cc(C(F)(F)F)cc(C(F)(F)F)c2)CC1. The average molecular weight is 496 g/mol. The van der Waals surface area contributed by atoms with Crippen molar-refractivity contribution in [1.82, 2.24) is 15.5 Å². The fraction of sp³-hybridized carbons (Fsp3) is 0.652. The Balaban J connectivity index is 1.84. The molecule has 192 valence electrons. The molecule has 0 saturated heterocycles. The summed E-state index contributed by atoms with van der Waals surface area (Å²) >= 11 is 0. The van der Waals surface area contributed by atoms with Crippen molar-refractivity contribution in [1.29, 1.82) is 0 Å². The van der Waals surface area contributed by atoms with Crippen LogP contribution in [0.4, 0.5) is 26.3 Å². The summed E-state index contributed by atoms with van der Waals surface area (Å²) in [5.74, 6) is -0.459. The summed E-state index contributed by atoms with van der Waals surface area (Å²) in [6.07, 6.45) is -6.75. The van der Waals surface area contributed by atoms with E-state index in [0.717, 1.165) is 25.7 Å². The van der Waals surface area contributed by atoms with Gasteiger partial charge in [0.15, 0.2) is 0 Å². The van der Waals surface area contributed by atoms with Crippen LogP contribution in [-0.2, 0) is 17.1 Å². The molecule has 0 unspecified atom stereocenters. The van der Waals surface area contributed by atoms with Crippen molar-refractivity contribution >= 4 is 11.8 Å². The Hall–Kier alpha value is -2.30. The molecular formula is C23H31F6N3O2. The largest absolute Gasteiger partial charge is 0.416 e. The molecular weight excluding hydrogens is 464 g/mol. The predicted molar refractivity (Wildman–Crippen MR) is 115 cm³/mol. The van der Waals surface area contributed by atoms with Gasteiger partial charge in [-0.2, -0.15) is 26.3 Å². The maximum absolute atomic E-state index is 13.0. The lowest BCUT2D eigenvalue weighted by molar-refractivity contribution is -0.143. The Kier molecular flexibility index (Phi) is 9.78. The quantitative estimate of drug-likeness (QED) is 0.488. The lowest BCUT2D eigenvalue weighted by Crippen LogP contribution is -2.40. The minimum atomic E-state index is -5.00. The number of amides is 2. The zero-order chi connectivity index (χ0) is 25.5. The van der Waals surface area contributed by atoms with E-state index in [-0.39, 0.29) is 31.0 Å². The third-order valence-electron chi connectivity index (χ3n) is 6.19. The highest BCUT2D eigenvalue weighted by atomic mass is 19.4. The number of nitrogens with zero attached hydrogens (tertiary/aromatic N) is 1. The second-order valence-corrected chi connectivity index (χ2v) is 8.59. The number of nitrogens with one attached hydrogen (secondary N) is 2. The van der Waals surface area contributed by atoms with Gasteiger partial charge in [0.25, 0.3) is 5.91 Å². The van der Waals surface area contributed by atoms with E-state index in [1.54, 1.807) is 4.90 Å². The minimum absolute atomic E-state index is 0.00167. The number of likely N-dealkylation sites (N-methyl/N-ethyl adjacent to an activating group) is 1. The second-order valence-electron chi connectivity index (χ2n) is 8.59. The standard InChI is InChI=1S/C23H31F6N3O2/c1-3-32(4-2)20(33)14-30-12-15-5-7-16(8-6-15)13-31-21(34)17-9-18(22(24,25)26)11-19(10-17)23(27,28)29/h9-11,15-16,30H,3-8,12-14H2,1-2H3,(H,31,34). The van der Waals surface area contributed by atoms with E-state index in [4.69, 9.17) is 0 Å². The third-order valence-corrected chi connectivity index (χ3v) is 6.19. The fourth-order valence-corrected chi connectivity index (χ4v) is 4.14. The fourth-order valence-electron chi connectivity index (χ4n) is 4.14. The summed E-state index contributed by atoms with van der Waals surface area (Å²) in [5, 5.41) is 5.67. The molecule has 2 N–H and O–H groups in total. The van der Waals surface area contributed by atoms with Crippen LogP contribution in [0.15, 0.2) is 18.2 Å². The first-order chi connectivity index (χ1) is 15.8. The number of hydrogen-bond donors (Lipinski definition) is 2. The van der Waals surface area contributed by atoms with Crippen LogP contribution >= 0.6 is 0 Å². The monoisotopic (exact) mass is 495 g/mol. The van der Waals surface area contributed by atoms with E-state index in [1.165, 1.54) is 0 Å². The highest BCUT2D eigenvalue weighted by Gasteiger charge is 2.37. The van der Waals surface area contributed by atoms with E-state index in [2.05, 4.69) is 10.6 Å². The van der Waals surface area contributed by atoms with E-state index >= 15 is 0 Å². The number of carbonyl (C=O) groups is 2. The molecule has 0 bridgehead atoms. The van der Waals surface area contributed by atoms with E-state index in [0.29, 0.717) is 37.7 Å². The van der Waals surface area contributed by atoms with Crippen molar-refractivity contribution in [2.75, 3.05) is 32.7 Å². The number of alkyl halides is 6. The lowest BCUT2D eigenvalue weighted by atomic mass is 9.82. The topological polar surface area (TPSA) is 61.4 Å².